The number of aromatic nitrogens is 3. The molecule has 2 aromatic heterocycles. The summed E-state index contributed by atoms with van der Waals surface area (Å²) in [5.74, 6) is 1.48. The standard InChI is InChI=1S/C21H16N4O2S/c26-17-10-5-4-9-15(17)20-22-23-21-25(20)24-16(14-7-2-1-3-8-14)13-19(28-21)18-11-6-12-27-18/h1-13,16,24,26H. The molecular formula is C21H16N4O2S. The van der Waals surface area contributed by atoms with E-state index in [1.165, 1.54) is 11.8 Å². The van der Waals surface area contributed by atoms with Crippen LogP contribution in [-0.2, 0) is 0 Å². The van der Waals surface area contributed by atoms with E-state index in [1.54, 1.807) is 18.4 Å². The summed E-state index contributed by atoms with van der Waals surface area (Å²) < 4.78 is 7.45. The van der Waals surface area contributed by atoms with Gasteiger partial charge in [-0.05, 0) is 47.7 Å². The van der Waals surface area contributed by atoms with Gasteiger partial charge in [-0.1, -0.05) is 42.5 Å². The molecule has 0 spiro atoms. The summed E-state index contributed by atoms with van der Waals surface area (Å²) in [4.78, 5) is 0.946. The molecule has 0 saturated heterocycles. The minimum atomic E-state index is -0.129. The molecule has 138 valence electrons. The normalized spacial score (nSPS) is 16.0. The number of rotatable bonds is 3. The van der Waals surface area contributed by atoms with Crippen LogP contribution in [0.25, 0.3) is 16.3 Å². The Morgan fingerprint density at radius 1 is 0.964 bits per heavy atom. The largest absolute Gasteiger partial charge is 0.507 e. The maximum atomic E-state index is 10.3. The van der Waals surface area contributed by atoms with Crippen molar-refractivity contribution in [2.45, 2.75) is 11.2 Å². The number of thioether (sulfide) groups is 1. The third-order valence-corrected chi connectivity index (χ3v) is 5.49. The molecule has 7 heteroatoms. The smallest absolute Gasteiger partial charge is 0.215 e. The zero-order valence-corrected chi connectivity index (χ0v) is 15.5. The number of phenolic OH excluding ortho intramolecular Hbond substituents is 1. The molecule has 0 aliphatic carbocycles. The number of para-hydroxylation sites is 1. The number of benzene rings is 2. The van der Waals surface area contributed by atoms with Crippen molar-refractivity contribution in [3.63, 3.8) is 0 Å². The van der Waals surface area contributed by atoms with Crippen LogP contribution in [0.15, 0.2) is 88.6 Å². The predicted molar refractivity (Wildman–Crippen MR) is 108 cm³/mol. The van der Waals surface area contributed by atoms with Crippen LogP contribution in [0.1, 0.15) is 17.4 Å². The summed E-state index contributed by atoms with van der Waals surface area (Å²) in [6, 6.07) is 20.9. The van der Waals surface area contributed by atoms with Crippen molar-refractivity contribution in [1.82, 2.24) is 14.9 Å². The van der Waals surface area contributed by atoms with Gasteiger partial charge in [0.1, 0.15) is 11.5 Å². The molecule has 3 heterocycles. The molecule has 0 saturated carbocycles. The van der Waals surface area contributed by atoms with Gasteiger partial charge in [0.05, 0.1) is 22.8 Å². The number of nitrogens with one attached hydrogen (secondary N) is 1. The van der Waals surface area contributed by atoms with E-state index in [2.05, 4.69) is 33.8 Å². The van der Waals surface area contributed by atoms with Gasteiger partial charge in [-0.15, -0.1) is 10.2 Å². The lowest BCUT2D eigenvalue weighted by Gasteiger charge is -2.18. The summed E-state index contributed by atoms with van der Waals surface area (Å²) in [6.45, 7) is 0. The van der Waals surface area contributed by atoms with E-state index >= 15 is 0 Å². The Balaban J connectivity index is 1.65. The number of hydrogen-bond donors (Lipinski definition) is 2. The van der Waals surface area contributed by atoms with Crippen LogP contribution in [-0.4, -0.2) is 20.0 Å². The highest BCUT2D eigenvalue weighted by molar-refractivity contribution is 8.08. The SMILES string of the molecule is Oc1ccccc1-c1nnc2n1NC(c1ccccc1)C=C(c1ccco1)S2. The van der Waals surface area contributed by atoms with E-state index in [0.717, 1.165) is 16.2 Å². The molecule has 1 aliphatic rings. The number of phenols is 1. The van der Waals surface area contributed by atoms with Gasteiger partial charge in [0.2, 0.25) is 5.16 Å². The molecule has 1 unspecified atom stereocenters. The minimum absolute atomic E-state index is 0.129. The van der Waals surface area contributed by atoms with Crippen molar-refractivity contribution >= 4 is 16.7 Å². The molecule has 1 atom stereocenters. The maximum Gasteiger partial charge on any atom is 0.215 e. The highest BCUT2D eigenvalue weighted by Gasteiger charge is 2.25. The van der Waals surface area contributed by atoms with E-state index in [4.69, 9.17) is 4.42 Å². The Kier molecular flexibility index (Phi) is 4.14. The second-order valence-corrected chi connectivity index (χ2v) is 7.30. The number of fused-ring (bicyclic) bond motifs is 1. The van der Waals surface area contributed by atoms with Gasteiger partial charge in [0.25, 0.3) is 0 Å². The molecular weight excluding hydrogens is 372 g/mol. The first-order chi connectivity index (χ1) is 13.8. The maximum absolute atomic E-state index is 10.3. The lowest BCUT2D eigenvalue weighted by atomic mass is 10.1. The molecule has 2 N–H and O–H groups in total. The van der Waals surface area contributed by atoms with Crippen molar-refractivity contribution in [2.75, 3.05) is 5.43 Å². The zero-order chi connectivity index (χ0) is 18.9. The molecule has 1 aliphatic heterocycles. The summed E-state index contributed by atoms with van der Waals surface area (Å²) in [7, 11) is 0. The topological polar surface area (TPSA) is 76.1 Å². The fourth-order valence-electron chi connectivity index (χ4n) is 3.13. The highest BCUT2D eigenvalue weighted by Crippen LogP contribution is 2.40. The molecule has 28 heavy (non-hydrogen) atoms. The zero-order valence-electron chi connectivity index (χ0n) is 14.7. The summed E-state index contributed by atoms with van der Waals surface area (Å²) >= 11 is 1.47. The molecule has 0 amide bonds. The number of hydrogen-bond acceptors (Lipinski definition) is 6. The van der Waals surface area contributed by atoms with E-state index in [-0.39, 0.29) is 11.8 Å². The Hall–Kier alpha value is -3.45. The van der Waals surface area contributed by atoms with E-state index < -0.39 is 0 Å². The molecule has 6 nitrogen and oxygen atoms in total. The van der Waals surface area contributed by atoms with E-state index in [0.29, 0.717) is 16.5 Å². The van der Waals surface area contributed by atoms with E-state index in [1.807, 2.05) is 47.1 Å². The van der Waals surface area contributed by atoms with Crippen molar-refractivity contribution < 1.29 is 9.52 Å². The first-order valence-electron chi connectivity index (χ1n) is 8.78. The lowest BCUT2D eigenvalue weighted by Crippen LogP contribution is -2.20. The Bertz CT molecular complexity index is 1140. The third-order valence-electron chi connectivity index (χ3n) is 4.49. The second-order valence-electron chi connectivity index (χ2n) is 6.29. The highest BCUT2D eigenvalue weighted by atomic mass is 32.2. The quantitative estimate of drug-likeness (QED) is 0.531. The molecule has 0 radical (unpaired) electrons. The van der Waals surface area contributed by atoms with Crippen molar-refractivity contribution in [1.29, 1.82) is 0 Å². The van der Waals surface area contributed by atoms with Gasteiger partial charge in [-0.2, -0.15) is 0 Å². The second kappa shape index (κ2) is 6.94. The fourth-order valence-corrected chi connectivity index (χ4v) is 4.06. The minimum Gasteiger partial charge on any atom is -0.507 e. The summed E-state index contributed by atoms with van der Waals surface area (Å²) in [5, 5.41) is 19.6. The molecule has 0 fully saturated rings. The third kappa shape index (κ3) is 2.95. The molecule has 4 aromatic rings. The lowest BCUT2D eigenvalue weighted by molar-refractivity contribution is 0.476. The van der Waals surface area contributed by atoms with Gasteiger partial charge in [0.15, 0.2) is 5.82 Å². The molecule has 0 bridgehead atoms. The van der Waals surface area contributed by atoms with Crippen LogP contribution >= 0.6 is 11.8 Å². The van der Waals surface area contributed by atoms with Gasteiger partial charge >= 0.3 is 0 Å². The average Bonchev–Trinajstić information content (AvgIpc) is 3.35. The Morgan fingerprint density at radius 3 is 2.57 bits per heavy atom. The summed E-state index contributed by atoms with van der Waals surface area (Å²) in [6.07, 6.45) is 3.77. The van der Waals surface area contributed by atoms with Crippen LogP contribution in [0, 0.1) is 0 Å². The van der Waals surface area contributed by atoms with Crippen molar-refractivity contribution in [3.8, 4) is 17.1 Å². The number of furan rings is 1. The Labute approximate surface area is 165 Å². The van der Waals surface area contributed by atoms with Crippen LogP contribution < -0.4 is 5.43 Å². The van der Waals surface area contributed by atoms with E-state index in [9.17, 15) is 5.11 Å². The first kappa shape index (κ1) is 16.7. The van der Waals surface area contributed by atoms with Gasteiger partial charge in [0, 0.05) is 0 Å². The van der Waals surface area contributed by atoms with Gasteiger partial charge in [-0.25, -0.2) is 4.68 Å². The molecule has 2 aromatic carbocycles. The average molecular weight is 388 g/mol. The Morgan fingerprint density at radius 2 is 1.79 bits per heavy atom. The van der Waals surface area contributed by atoms with Crippen LogP contribution in [0.4, 0.5) is 0 Å². The van der Waals surface area contributed by atoms with Gasteiger partial charge < -0.3 is 14.9 Å². The van der Waals surface area contributed by atoms with Gasteiger partial charge in [-0.3, -0.25) is 0 Å². The number of aromatic hydroxyl groups is 1. The summed E-state index contributed by atoms with van der Waals surface area (Å²) in [5.41, 5.74) is 5.19. The predicted octanol–water partition coefficient (Wildman–Crippen LogP) is 4.68. The van der Waals surface area contributed by atoms with Crippen LogP contribution in [0.3, 0.4) is 0 Å². The van der Waals surface area contributed by atoms with Crippen molar-refractivity contribution in [3.05, 3.63) is 90.4 Å². The van der Waals surface area contributed by atoms with Crippen LogP contribution in [0.5, 0.6) is 5.75 Å². The molecule has 5 rings (SSSR count). The van der Waals surface area contributed by atoms with Crippen molar-refractivity contribution in [2.24, 2.45) is 0 Å². The monoisotopic (exact) mass is 388 g/mol. The number of nitrogens with zero attached hydrogens (tertiary/aromatic N) is 3. The first-order valence-corrected chi connectivity index (χ1v) is 9.60. The fraction of sp³-hybridized carbons (Fsp3) is 0.0476. The van der Waals surface area contributed by atoms with Crippen LogP contribution in [0.2, 0.25) is 0 Å².